The number of hydrogen-bond donors (Lipinski definition) is 2. The lowest BCUT2D eigenvalue weighted by molar-refractivity contribution is 0.397. The molecule has 3 N–H and O–H groups in total. The van der Waals surface area contributed by atoms with Crippen LogP contribution in [0.3, 0.4) is 0 Å². The van der Waals surface area contributed by atoms with Crippen LogP contribution in [0.2, 0.25) is 0 Å². The van der Waals surface area contributed by atoms with Crippen LogP contribution < -0.4 is 15.8 Å². The highest BCUT2D eigenvalue weighted by Gasteiger charge is 2.06. The molecule has 5 nitrogen and oxygen atoms in total. The fourth-order valence-corrected chi connectivity index (χ4v) is 1.45. The van der Waals surface area contributed by atoms with Crippen molar-refractivity contribution in [2.75, 3.05) is 19.0 Å². The van der Waals surface area contributed by atoms with Gasteiger partial charge in [-0.25, -0.2) is 4.98 Å². The van der Waals surface area contributed by atoms with Crippen molar-refractivity contribution in [3.05, 3.63) is 12.3 Å². The number of nitrogens with one attached hydrogen (secondary N) is 1. The van der Waals surface area contributed by atoms with Gasteiger partial charge in [0.15, 0.2) is 0 Å². The third kappa shape index (κ3) is 4.44. The van der Waals surface area contributed by atoms with E-state index in [1.807, 2.05) is 0 Å². The van der Waals surface area contributed by atoms with Gasteiger partial charge in [-0.05, 0) is 12.3 Å². The van der Waals surface area contributed by atoms with Crippen LogP contribution in [-0.2, 0) is 0 Å². The third-order valence-corrected chi connectivity index (χ3v) is 2.14. The number of rotatable bonds is 6. The molecule has 1 aromatic heterocycles. The minimum absolute atomic E-state index is 0.120. The van der Waals surface area contributed by atoms with Crippen LogP contribution in [0.5, 0.6) is 5.88 Å². The second kappa shape index (κ2) is 6.27. The van der Waals surface area contributed by atoms with E-state index in [2.05, 4.69) is 29.1 Å². The van der Waals surface area contributed by atoms with E-state index in [1.54, 1.807) is 19.4 Å². The summed E-state index contributed by atoms with van der Waals surface area (Å²) in [6.45, 7) is 4.98. The molecule has 0 radical (unpaired) electrons. The molecule has 5 heteroatoms. The van der Waals surface area contributed by atoms with Gasteiger partial charge in [0, 0.05) is 24.8 Å². The Hall–Kier alpha value is -1.36. The van der Waals surface area contributed by atoms with E-state index in [0.29, 0.717) is 24.3 Å². The molecule has 0 saturated carbocycles. The van der Waals surface area contributed by atoms with E-state index >= 15 is 0 Å². The van der Waals surface area contributed by atoms with Gasteiger partial charge in [0.1, 0.15) is 0 Å². The van der Waals surface area contributed by atoms with Crippen molar-refractivity contribution in [2.24, 2.45) is 11.7 Å². The summed E-state index contributed by atoms with van der Waals surface area (Å²) >= 11 is 0. The Morgan fingerprint density at radius 1 is 1.50 bits per heavy atom. The van der Waals surface area contributed by atoms with Crippen molar-refractivity contribution in [1.29, 1.82) is 0 Å². The summed E-state index contributed by atoms with van der Waals surface area (Å²) in [5, 5.41) is 3.10. The Bertz CT molecular complexity index is 317. The maximum absolute atomic E-state index is 5.94. The van der Waals surface area contributed by atoms with Crippen molar-refractivity contribution >= 4 is 5.95 Å². The number of nitrogens with zero attached hydrogens (tertiary/aromatic N) is 2. The van der Waals surface area contributed by atoms with Gasteiger partial charge in [-0.15, -0.1) is 0 Å². The Balaban J connectivity index is 2.41. The van der Waals surface area contributed by atoms with Crippen molar-refractivity contribution in [3.8, 4) is 5.88 Å². The highest BCUT2D eigenvalue weighted by molar-refractivity contribution is 5.27. The van der Waals surface area contributed by atoms with Crippen LogP contribution in [0.4, 0.5) is 5.95 Å². The second-order valence-electron chi connectivity index (χ2n) is 4.19. The molecule has 1 unspecified atom stereocenters. The largest absolute Gasteiger partial charge is 0.481 e. The number of anilines is 1. The summed E-state index contributed by atoms with van der Waals surface area (Å²) in [7, 11) is 1.58. The van der Waals surface area contributed by atoms with Crippen molar-refractivity contribution in [2.45, 2.75) is 26.3 Å². The quantitative estimate of drug-likeness (QED) is 0.761. The average Bonchev–Trinajstić information content (AvgIpc) is 2.26. The van der Waals surface area contributed by atoms with Crippen LogP contribution in [0.25, 0.3) is 0 Å². The van der Waals surface area contributed by atoms with Gasteiger partial charge in [-0.1, -0.05) is 13.8 Å². The summed E-state index contributed by atoms with van der Waals surface area (Å²) in [5.41, 5.74) is 5.94. The zero-order chi connectivity index (χ0) is 12.0. The Morgan fingerprint density at radius 3 is 2.88 bits per heavy atom. The van der Waals surface area contributed by atoms with E-state index in [-0.39, 0.29) is 6.04 Å². The van der Waals surface area contributed by atoms with E-state index in [0.717, 1.165) is 6.42 Å². The van der Waals surface area contributed by atoms with Crippen molar-refractivity contribution < 1.29 is 4.74 Å². The molecule has 1 heterocycles. The highest BCUT2D eigenvalue weighted by Crippen LogP contribution is 2.08. The predicted molar refractivity (Wildman–Crippen MR) is 64.5 cm³/mol. The summed E-state index contributed by atoms with van der Waals surface area (Å²) in [6, 6.07) is 1.83. The van der Waals surface area contributed by atoms with Gasteiger partial charge in [0.05, 0.1) is 7.11 Å². The molecule has 16 heavy (non-hydrogen) atoms. The van der Waals surface area contributed by atoms with Gasteiger partial charge < -0.3 is 15.8 Å². The number of aromatic nitrogens is 2. The SMILES string of the molecule is COc1ccnc(NCC(N)CC(C)C)n1. The summed E-state index contributed by atoms with van der Waals surface area (Å²) in [4.78, 5) is 8.22. The highest BCUT2D eigenvalue weighted by atomic mass is 16.5. The lowest BCUT2D eigenvalue weighted by Gasteiger charge is -2.14. The van der Waals surface area contributed by atoms with Crippen LogP contribution in [0.1, 0.15) is 20.3 Å². The monoisotopic (exact) mass is 224 g/mol. The van der Waals surface area contributed by atoms with Gasteiger partial charge in [-0.2, -0.15) is 4.98 Å². The Morgan fingerprint density at radius 2 is 2.25 bits per heavy atom. The molecule has 0 bridgehead atoms. The lowest BCUT2D eigenvalue weighted by Crippen LogP contribution is -2.30. The second-order valence-corrected chi connectivity index (χ2v) is 4.19. The summed E-state index contributed by atoms with van der Waals surface area (Å²) < 4.78 is 5.00. The van der Waals surface area contributed by atoms with Gasteiger partial charge in [0.25, 0.3) is 0 Å². The molecule has 1 atom stereocenters. The average molecular weight is 224 g/mol. The minimum atomic E-state index is 0.120. The Kier molecular flexibility index (Phi) is 4.98. The molecule has 1 rings (SSSR count). The first-order valence-corrected chi connectivity index (χ1v) is 5.48. The molecule has 90 valence electrons. The van der Waals surface area contributed by atoms with E-state index in [9.17, 15) is 0 Å². The van der Waals surface area contributed by atoms with Crippen molar-refractivity contribution in [3.63, 3.8) is 0 Å². The molecule has 0 spiro atoms. The fourth-order valence-electron chi connectivity index (χ4n) is 1.45. The van der Waals surface area contributed by atoms with E-state index in [4.69, 9.17) is 10.5 Å². The fraction of sp³-hybridized carbons (Fsp3) is 0.636. The van der Waals surface area contributed by atoms with Gasteiger partial charge >= 0.3 is 0 Å². The molecule has 0 amide bonds. The predicted octanol–water partition coefficient (Wildman–Crippen LogP) is 1.27. The first-order chi connectivity index (χ1) is 7.61. The molecule has 0 aliphatic carbocycles. The maximum Gasteiger partial charge on any atom is 0.225 e. The number of hydrogen-bond acceptors (Lipinski definition) is 5. The number of nitrogens with two attached hydrogens (primary N) is 1. The van der Waals surface area contributed by atoms with Crippen LogP contribution >= 0.6 is 0 Å². The first-order valence-electron chi connectivity index (χ1n) is 5.48. The van der Waals surface area contributed by atoms with Crippen LogP contribution in [0, 0.1) is 5.92 Å². The zero-order valence-corrected chi connectivity index (χ0v) is 10.1. The maximum atomic E-state index is 5.94. The lowest BCUT2D eigenvalue weighted by atomic mass is 10.0. The summed E-state index contributed by atoms with van der Waals surface area (Å²) in [6.07, 6.45) is 2.64. The molecule has 0 saturated heterocycles. The molecule has 1 aromatic rings. The number of ether oxygens (including phenoxy) is 1. The molecule has 0 fully saturated rings. The minimum Gasteiger partial charge on any atom is -0.481 e. The van der Waals surface area contributed by atoms with Gasteiger partial charge in [0.2, 0.25) is 11.8 Å². The molecule has 0 aliphatic heterocycles. The first kappa shape index (κ1) is 12.7. The third-order valence-electron chi connectivity index (χ3n) is 2.14. The van der Waals surface area contributed by atoms with Gasteiger partial charge in [-0.3, -0.25) is 0 Å². The Labute approximate surface area is 96.4 Å². The molecular formula is C11H20N4O. The summed E-state index contributed by atoms with van der Waals surface area (Å²) in [5.74, 6) is 1.71. The standard InChI is InChI=1S/C11H20N4O/c1-8(2)6-9(12)7-14-11-13-5-4-10(15-11)16-3/h4-5,8-9H,6-7,12H2,1-3H3,(H,13,14,15). The zero-order valence-electron chi connectivity index (χ0n) is 10.1. The van der Waals surface area contributed by atoms with Crippen LogP contribution in [-0.4, -0.2) is 29.7 Å². The van der Waals surface area contributed by atoms with Crippen LogP contribution in [0.15, 0.2) is 12.3 Å². The molecular weight excluding hydrogens is 204 g/mol. The van der Waals surface area contributed by atoms with E-state index < -0.39 is 0 Å². The van der Waals surface area contributed by atoms with E-state index in [1.165, 1.54) is 0 Å². The molecule has 0 aliphatic rings. The smallest absolute Gasteiger partial charge is 0.225 e. The normalized spacial score (nSPS) is 12.6. The number of methoxy groups -OCH3 is 1. The molecule has 0 aromatic carbocycles. The van der Waals surface area contributed by atoms with Crippen molar-refractivity contribution in [1.82, 2.24) is 9.97 Å². The topological polar surface area (TPSA) is 73.1 Å².